The molecule has 0 aliphatic rings. The standard InChI is InChI=1S/C8H7ClFNO2/c9-7-4-6(10)2-1-5(7)3-8(12)11-13/h1-2,4,13H,3H2,(H,11,12). The van der Waals surface area contributed by atoms with Crippen LogP contribution in [0.3, 0.4) is 0 Å². The number of benzene rings is 1. The molecule has 5 heteroatoms. The van der Waals surface area contributed by atoms with Gasteiger partial charge in [-0.25, -0.2) is 9.87 Å². The van der Waals surface area contributed by atoms with E-state index in [9.17, 15) is 9.18 Å². The van der Waals surface area contributed by atoms with Gasteiger partial charge in [-0.15, -0.1) is 0 Å². The smallest absolute Gasteiger partial charge is 0.247 e. The molecule has 0 saturated heterocycles. The summed E-state index contributed by atoms with van der Waals surface area (Å²) in [5.41, 5.74) is 1.93. The van der Waals surface area contributed by atoms with Crippen molar-refractivity contribution in [3.8, 4) is 0 Å². The van der Waals surface area contributed by atoms with Gasteiger partial charge < -0.3 is 0 Å². The maximum Gasteiger partial charge on any atom is 0.247 e. The van der Waals surface area contributed by atoms with E-state index >= 15 is 0 Å². The van der Waals surface area contributed by atoms with E-state index in [2.05, 4.69) is 0 Å². The number of rotatable bonds is 2. The number of nitrogens with one attached hydrogen (secondary N) is 1. The van der Waals surface area contributed by atoms with Gasteiger partial charge in [-0.2, -0.15) is 0 Å². The molecular weight excluding hydrogens is 197 g/mol. The van der Waals surface area contributed by atoms with Crippen LogP contribution >= 0.6 is 11.6 Å². The zero-order valence-corrected chi connectivity index (χ0v) is 7.31. The molecule has 0 spiro atoms. The fourth-order valence-corrected chi connectivity index (χ4v) is 1.11. The molecule has 0 aromatic heterocycles. The second kappa shape index (κ2) is 4.20. The number of carbonyl (C=O) groups is 1. The van der Waals surface area contributed by atoms with Gasteiger partial charge in [0.05, 0.1) is 6.42 Å². The summed E-state index contributed by atoms with van der Waals surface area (Å²) in [7, 11) is 0. The molecule has 2 N–H and O–H groups in total. The maximum absolute atomic E-state index is 12.5. The third kappa shape index (κ3) is 2.68. The van der Waals surface area contributed by atoms with Crippen LogP contribution < -0.4 is 5.48 Å². The Balaban J connectivity index is 2.83. The fraction of sp³-hybridized carbons (Fsp3) is 0.125. The highest BCUT2D eigenvalue weighted by atomic mass is 35.5. The predicted molar refractivity (Wildman–Crippen MR) is 45.0 cm³/mol. The lowest BCUT2D eigenvalue weighted by atomic mass is 10.1. The Kier molecular flexibility index (Phi) is 3.22. The van der Waals surface area contributed by atoms with Crippen molar-refractivity contribution in [2.24, 2.45) is 0 Å². The first-order chi connectivity index (χ1) is 6.13. The Hall–Kier alpha value is -1.13. The Morgan fingerprint density at radius 3 is 2.85 bits per heavy atom. The lowest BCUT2D eigenvalue weighted by Gasteiger charge is -2.01. The SMILES string of the molecule is O=C(Cc1ccc(F)cc1Cl)NO. The van der Waals surface area contributed by atoms with Gasteiger partial charge in [0.1, 0.15) is 5.82 Å². The molecule has 1 aromatic rings. The number of hydrogen-bond donors (Lipinski definition) is 2. The quantitative estimate of drug-likeness (QED) is 0.566. The summed E-state index contributed by atoms with van der Waals surface area (Å²) in [6.07, 6.45) is -0.0738. The Morgan fingerprint density at radius 1 is 1.62 bits per heavy atom. The third-order valence-electron chi connectivity index (χ3n) is 1.49. The van der Waals surface area contributed by atoms with Gasteiger partial charge in [-0.05, 0) is 17.7 Å². The number of hydrogen-bond acceptors (Lipinski definition) is 2. The number of carbonyl (C=O) groups excluding carboxylic acids is 1. The van der Waals surface area contributed by atoms with Crippen LogP contribution in [-0.4, -0.2) is 11.1 Å². The normalized spacial score (nSPS) is 9.77. The van der Waals surface area contributed by atoms with Crippen LogP contribution in [-0.2, 0) is 11.2 Å². The van der Waals surface area contributed by atoms with Crippen molar-refractivity contribution in [3.05, 3.63) is 34.6 Å². The summed E-state index contributed by atoms with van der Waals surface area (Å²) in [6.45, 7) is 0. The van der Waals surface area contributed by atoms with Gasteiger partial charge in [0.15, 0.2) is 0 Å². The molecule has 1 amide bonds. The monoisotopic (exact) mass is 203 g/mol. The van der Waals surface area contributed by atoms with Gasteiger partial charge in [0.25, 0.3) is 0 Å². The van der Waals surface area contributed by atoms with Crippen molar-refractivity contribution in [3.63, 3.8) is 0 Å². The highest BCUT2D eigenvalue weighted by Crippen LogP contribution is 2.17. The molecule has 1 rings (SSSR count). The van der Waals surface area contributed by atoms with E-state index in [1.807, 2.05) is 0 Å². The van der Waals surface area contributed by atoms with Crippen molar-refractivity contribution in [2.75, 3.05) is 0 Å². The van der Waals surface area contributed by atoms with Crippen molar-refractivity contribution < 1.29 is 14.4 Å². The average Bonchev–Trinajstić information content (AvgIpc) is 2.09. The Labute approximate surface area is 79.1 Å². The largest absolute Gasteiger partial charge is 0.289 e. The molecule has 13 heavy (non-hydrogen) atoms. The number of hydroxylamine groups is 1. The molecule has 3 nitrogen and oxygen atoms in total. The molecule has 0 bridgehead atoms. The molecule has 1 aromatic carbocycles. The summed E-state index contributed by atoms with van der Waals surface area (Å²) in [4.78, 5) is 10.7. The maximum atomic E-state index is 12.5. The molecule has 0 fully saturated rings. The van der Waals surface area contributed by atoms with Gasteiger partial charge in [0, 0.05) is 5.02 Å². The zero-order chi connectivity index (χ0) is 9.84. The van der Waals surface area contributed by atoms with Crippen LogP contribution in [0.4, 0.5) is 4.39 Å². The Morgan fingerprint density at radius 2 is 2.31 bits per heavy atom. The van der Waals surface area contributed by atoms with Gasteiger partial charge in [-0.1, -0.05) is 17.7 Å². The average molecular weight is 204 g/mol. The van der Waals surface area contributed by atoms with Crippen LogP contribution in [0.25, 0.3) is 0 Å². The molecule has 70 valence electrons. The summed E-state index contributed by atoms with van der Waals surface area (Å²) in [5.74, 6) is -1.05. The van der Waals surface area contributed by atoms with Crippen molar-refractivity contribution in [1.29, 1.82) is 0 Å². The fourth-order valence-electron chi connectivity index (χ4n) is 0.878. The highest BCUT2D eigenvalue weighted by Gasteiger charge is 2.06. The van der Waals surface area contributed by atoms with Crippen molar-refractivity contribution >= 4 is 17.5 Å². The zero-order valence-electron chi connectivity index (χ0n) is 6.55. The van der Waals surface area contributed by atoms with Gasteiger partial charge in [0.2, 0.25) is 5.91 Å². The highest BCUT2D eigenvalue weighted by molar-refractivity contribution is 6.31. The van der Waals surface area contributed by atoms with Crippen LogP contribution in [0.2, 0.25) is 5.02 Å². The van der Waals surface area contributed by atoms with Crippen LogP contribution in [0.15, 0.2) is 18.2 Å². The van der Waals surface area contributed by atoms with Crippen molar-refractivity contribution in [1.82, 2.24) is 5.48 Å². The number of amides is 1. The number of halogens is 2. The molecule has 0 saturated carbocycles. The van der Waals surface area contributed by atoms with E-state index in [4.69, 9.17) is 16.8 Å². The van der Waals surface area contributed by atoms with Crippen molar-refractivity contribution in [2.45, 2.75) is 6.42 Å². The third-order valence-corrected chi connectivity index (χ3v) is 1.84. The summed E-state index contributed by atoms with van der Waals surface area (Å²) in [6, 6.07) is 3.71. The minimum atomic E-state index is -0.589. The van der Waals surface area contributed by atoms with E-state index < -0.39 is 11.7 Å². The van der Waals surface area contributed by atoms with Crippen LogP contribution in [0.1, 0.15) is 5.56 Å². The molecule has 0 aliphatic heterocycles. The molecule has 0 radical (unpaired) electrons. The second-order valence-corrected chi connectivity index (χ2v) is 2.85. The molecular formula is C8H7ClFNO2. The molecule has 0 atom stereocenters. The van der Waals surface area contributed by atoms with Gasteiger partial charge >= 0.3 is 0 Å². The van der Waals surface area contributed by atoms with E-state index in [-0.39, 0.29) is 11.4 Å². The van der Waals surface area contributed by atoms with Crippen LogP contribution in [0, 0.1) is 5.82 Å². The topological polar surface area (TPSA) is 49.3 Å². The lowest BCUT2D eigenvalue weighted by Crippen LogP contribution is -2.20. The van der Waals surface area contributed by atoms with E-state index in [0.29, 0.717) is 5.56 Å². The first-order valence-corrected chi connectivity index (χ1v) is 3.88. The molecule has 0 unspecified atom stereocenters. The second-order valence-electron chi connectivity index (χ2n) is 2.45. The molecule has 0 aliphatic carbocycles. The summed E-state index contributed by atoms with van der Waals surface area (Å²) < 4.78 is 12.5. The predicted octanol–water partition coefficient (Wildman–Crippen LogP) is 1.53. The van der Waals surface area contributed by atoms with E-state index in [0.717, 1.165) is 6.07 Å². The van der Waals surface area contributed by atoms with E-state index in [1.165, 1.54) is 17.6 Å². The summed E-state index contributed by atoms with van der Waals surface area (Å²) >= 11 is 5.63. The lowest BCUT2D eigenvalue weighted by molar-refractivity contribution is -0.128. The van der Waals surface area contributed by atoms with Gasteiger partial charge in [-0.3, -0.25) is 10.0 Å². The minimum Gasteiger partial charge on any atom is -0.289 e. The molecule has 0 heterocycles. The first kappa shape index (κ1) is 9.95. The Bertz CT molecular complexity index is 330. The minimum absolute atomic E-state index is 0.0738. The van der Waals surface area contributed by atoms with E-state index in [1.54, 1.807) is 0 Å². The first-order valence-electron chi connectivity index (χ1n) is 3.50. The van der Waals surface area contributed by atoms with Crippen LogP contribution in [0.5, 0.6) is 0 Å². The summed E-state index contributed by atoms with van der Waals surface area (Å²) in [5, 5.41) is 8.39.